The summed E-state index contributed by atoms with van der Waals surface area (Å²) in [6, 6.07) is 14.2. The summed E-state index contributed by atoms with van der Waals surface area (Å²) in [7, 11) is 0. The molecule has 0 aliphatic heterocycles. The van der Waals surface area contributed by atoms with E-state index in [1.54, 1.807) is 48.9 Å². The molecule has 0 radical (unpaired) electrons. The van der Waals surface area contributed by atoms with Crippen molar-refractivity contribution < 1.29 is 9.59 Å². The smallest absolute Gasteiger partial charge is 0.274 e. The number of nitrogens with zero attached hydrogens (tertiary/aromatic N) is 2. The Hall–Kier alpha value is -3.74. The van der Waals surface area contributed by atoms with Gasteiger partial charge in [-0.05, 0) is 54.1 Å². The molecule has 0 fully saturated rings. The first-order valence-electron chi connectivity index (χ1n) is 8.38. The first kappa shape index (κ1) is 18.1. The van der Waals surface area contributed by atoms with E-state index in [9.17, 15) is 9.59 Å². The highest BCUT2D eigenvalue weighted by atomic mass is 16.2. The molecule has 3 rings (SSSR count). The van der Waals surface area contributed by atoms with Crippen LogP contribution in [0.4, 0.5) is 17.1 Å². The standard InChI is InChI=1S/C20H19N5O2/c1-14(26)24-16-2-4-17(5-3-16)25-20(27)19-7-6-18(13-23-19)22-12-15-8-10-21-11-9-15/h2-11,13,22H,12H2,1H3,(H,24,26)(H,25,27). The Labute approximate surface area is 156 Å². The van der Waals surface area contributed by atoms with E-state index in [2.05, 4.69) is 25.9 Å². The minimum Gasteiger partial charge on any atom is -0.380 e. The normalized spacial score (nSPS) is 10.1. The summed E-state index contributed by atoms with van der Waals surface area (Å²) in [6.07, 6.45) is 5.10. The lowest BCUT2D eigenvalue weighted by atomic mass is 10.2. The zero-order chi connectivity index (χ0) is 19.1. The van der Waals surface area contributed by atoms with Crippen molar-refractivity contribution in [3.05, 3.63) is 78.4 Å². The topological polar surface area (TPSA) is 96.0 Å². The molecule has 2 heterocycles. The largest absolute Gasteiger partial charge is 0.380 e. The van der Waals surface area contributed by atoms with Crippen molar-refractivity contribution in [1.82, 2.24) is 9.97 Å². The molecule has 0 aliphatic rings. The van der Waals surface area contributed by atoms with E-state index in [0.717, 1.165) is 11.3 Å². The molecule has 0 aliphatic carbocycles. The third-order valence-electron chi connectivity index (χ3n) is 3.71. The van der Waals surface area contributed by atoms with Gasteiger partial charge in [0.1, 0.15) is 5.69 Å². The SMILES string of the molecule is CC(=O)Nc1ccc(NC(=O)c2ccc(NCc3ccncc3)cn2)cc1. The Bertz CT molecular complexity index is 909. The van der Waals surface area contributed by atoms with E-state index >= 15 is 0 Å². The van der Waals surface area contributed by atoms with Crippen molar-refractivity contribution in [1.29, 1.82) is 0 Å². The average molecular weight is 361 g/mol. The maximum atomic E-state index is 12.3. The van der Waals surface area contributed by atoms with Crippen molar-refractivity contribution in [2.75, 3.05) is 16.0 Å². The van der Waals surface area contributed by atoms with Gasteiger partial charge in [0.2, 0.25) is 5.91 Å². The number of anilines is 3. The number of amides is 2. The van der Waals surface area contributed by atoms with Crippen molar-refractivity contribution >= 4 is 28.9 Å². The zero-order valence-corrected chi connectivity index (χ0v) is 14.8. The maximum absolute atomic E-state index is 12.3. The lowest BCUT2D eigenvalue weighted by Gasteiger charge is -2.08. The van der Waals surface area contributed by atoms with Gasteiger partial charge in [-0.3, -0.25) is 14.6 Å². The third kappa shape index (κ3) is 5.37. The Morgan fingerprint density at radius 3 is 2.07 bits per heavy atom. The molecular formula is C20H19N5O2. The van der Waals surface area contributed by atoms with Gasteiger partial charge in [-0.2, -0.15) is 0 Å². The Kier molecular flexibility index (Phi) is 5.73. The minimum atomic E-state index is -0.303. The van der Waals surface area contributed by atoms with E-state index in [1.165, 1.54) is 6.92 Å². The quantitative estimate of drug-likeness (QED) is 0.626. The van der Waals surface area contributed by atoms with Gasteiger partial charge in [-0.25, -0.2) is 4.98 Å². The molecule has 7 nitrogen and oxygen atoms in total. The number of pyridine rings is 2. The van der Waals surface area contributed by atoms with Gasteiger partial charge in [-0.15, -0.1) is 0 Å². The second-order valence-corrected chi connectivity index (χ2v) is 5.85. The fourth-order valence-electron chi connectivity index (χ4n) is 2.37. The summed E-state index contributed by atoms with van der Waals surface area (Å²) >= 11 is 0. The zero-order valence-electron chi connectivity index (χ0n) is 14.8. The van der Waals surface area contributed by atoms with Crippen LogP contribution in [-0.2, 0) is 11.3 Å². The van der Waals surface area contributed by atoms with Gasteiger partial charge >= 0.3 is 0 Å². The number of rotatable bonds is 6. The lowest BCUT2D eigenvalue weighted by Crippen LogP contribution is -2.14. The number of aromatic nitrogens is 2. The number of hydrogen-bond donors (Lipinski definition) is 3. The van der Waals surface area contributed by atoms with Crippen LogP contribution in [0.3, 0.4) is 0 Å². The predicted octanol–water partition coefficient (Wildman–Crippen LogP) is 3.30. The van der Waals surface area contributed by atoms with Crippen molar-refractivity contribution in [3.8, 4) is 0 Å². The van der Waals surface area contributed by atoms with Gasteiger partial charge in [0.15, 0.2) is 0 Å². The second kappa shape index (κ2) is 8.57. The summed E-state index contributed by atoms with van der Waals surface area (Å²) in [6.45, 7) is 2.09. The van der Waals surface area contributed by atoms with Crippen LogP contribution in [0.25, 0.3) is 0 Å². The summed E-state index contributed by atoms with van der Waals surface area (Å²) in [5, 5.41) is 8.69. The van der Waals surface area contributed by atoms with E-state index in [4.69, 9.17) is 0 Å². The molecule has 0 saturated heterocycles. The molecule has 0 unspecified atom stereocenters. The van der Waals surface area contributed by atoms with Gasteiger partial charge < -0.3 is 16.0 Å². The molecule has 3 N–H and O–H groups in total. The molecule has 2 aromatic heterocycles. The summed E-state index contributed by atoms with van der Waals surface area (Å²) in [5.74, 6) is -0.448. The van der Waals surface area contributed by atoms with Gasteiger partial charge in [0.05, 0.1) is 11.9 Å². The molecule has 0 spiro atoms. The molecule has 0 bridgehead atoms. The minimum absolute atomic E-state index is 0.145. The highest BCUT2D eigenvalue weighted by molar-refractivity contribution is 6.03. The molecule has 7 heteroatoms. The number of nitrogens with one attached hydrogen (secondary N) is 3. The molecule has 0 atom stereocenters. The molecular weight excluding hydrogens is 342 g/mol. The summed E-state index contributed by atoms with van der Waals surface area (Å²) < 4.78 is 0. The highest BCUT2D eigenvalue weighted by Crippen LogP contribution is 2.15. The fraction of sp³-hybridized carbons (Fsp3) is 0.100. The van der Waals surface area contributed by atoms with Crippen molar-refractivity contribution in [3.63, 3.8) is 0 Å². The Morgan fingerprint density at radius 2 is 1.48 bits per heavy atom. The molecule has 0 saturated carbocycles. The van der Waals surface area contributed by atoms with Crippen molar-refractivity contribution in [2.45, 2.75) is 13.5 Å². The van der Waals surface area contributed by atoms with E-state index in [-0.39, 0.29) is 11.8 Å². The molecule has 27 heavy (non-hydrogen) atoms. The predicted molar refractivity (Wildman–Crippen MR) is 104 cm³/mol. The number of hydrogen-bond acceptors (Lipinski definition) is 5. The first-order valence-corrected chi connectivity index (χ1v) is 8.38. The van der Waals surface area contributed by atoms with Crippen LogP contribution >= 0.6 is 0 Å². The van der Waals surface area contributed by atoms with Crippen LogP contribution in [0.15, 0.2) is 67.1 Å². The Morgan fingerprint density at radius 1 is 0.852 bits per heavy atom. The highest BCUT2D eigenvalue weighted by Gasteiger charge is 2.08. The van der Waals surface area contributed by atoms with Crippen LogP contribution in [-0.4, -0.2) is 21.8 Å². The van der Waals surface area contributed by atoms with Crippen LogP contribution in [0.1, 0.15) is 23.0 Å². The second-order valence-electron chi connectivity index (χ2n) is 5.85. The average Bonchev–Trinajstić information content (AvgIpc) is 2.69. The molecule has 136 valence electrons. The molecule has 1 aromatic carbocycles. The van der Waals surface area contributed by atoms with Gasteiger partial charge in [0, 0.05) is 37.2 Å². The number of carbonyl (C=O) groups is 2. The maximum Gasteiger partial charge on any atom is 0.274 e. The van der Waals surface area contributed by atoms with Crippen LogP contribution < -0.4 is 16.0 Å². The monoisotopic (exact) mass is 361 g/mol. The summed E-state index contributed by atoms with van der Waals surface area (Å²) in [5.41, 5.74) is 3.53. The van der Waals surface area contributed by atoms with E-state index in [0.29, 0.717) is 23.6 Å². The number of carbonyl (C=O) groups excluding carboxylic acids is 2. The van der Waals surface area contributed by atoms with Crippen LogP contribution in [0.5, 0.6) is 0 Å². The molecule has 2 amide bonds. The fourth-order valence-corrected chi connectivity index (χ4v) is 2.37. The lowest BCUT2D eigenvalue weighted by molar-refractivity contribution is -0.114. The van der Waals surface area contributed by atoms with Gasteiger partial charge in [0.25, 0.3) is 5.91 Å². The van der Waals surface area contributed by atoms with Crippen LogP contribution in [0.2, 0.25) is 0 Å². The Balaban J connectivity index is 1.56. The van der Waals surface area contributed by atoms with Crippen LogP contribution in [0, 0.1) is 0 Å². The van der Waals surface area contributed by atoms with Crippen molar-refractivity contribution in [2.24, 2.45) is 0 Å². The molecule has 3 aromatic rings. The summed E-state index contributed by atoms with van der Waals surface area (Å²) in [4.78, 5) is 31.5. The van der Waals surface area contributed by atoms with E-state index in [1.807, 2.05) is 18.2 Å². The van der Waals surface area contributed by atoms with E-state index < -0.39 is 0 Å². The van der Waals surface area contributed by atoms with Gasteiger partial charge in [-0.1, -0.05) is 0 Å². The third-order valence-corrected chi connectivity index (χ3v) is 3.71. The number of benzene rings is 1. The first-order chi connectivity index (χ1) is 13.1.